The Morgan fingerprint density at radius 1 is 1.79 bits per heavy atom. The van der Waals surface area contributed by atoms with Crippen LogP contribution >= 0.6 is 15.9 Å². The second-order valence-electron chi connectivity index (χ2n) is 2.84. The summed E-state index contributed by atoms with van der Waals surface area (Å²) in [6, 6.07) is 1.59. The molecule has 0 aromatic carbocycles. The first-order chi connectivity index (χ1) is 6.65. The van der Waals surface area contributed by atoms with E-state index >= 15 is 0 Å². The van der Waals surface area contributed by atoms with Crippen molar-refractivity contribution in [1.82, 2.24) is 4.98 Å². The van der Waals surface area contributed by atoms with Crippen LogP contribution in [0.2, 0.25) is 0 Å². The van der Waals surface area contributed by atoms with E-state index in [0.29, 0.717) is 10.2 Å². The molecule has 0 bridgehead atoms. The van der Waals surface area contributed by atoms with Crippen molar-refractivity contribution >= 4 is 15.9 Å². The minimum atomic E-state index is -0.381. The van der Waals surface area contributed by atoms with Gasteiger partial charge in [0.15, 0.2) is 0 Å². The molecule has 6 heteroatoms. The standard InChI is InChI=1S/C8H8BrFN4/c1-5(3-13-14-11)6-2-8(9)12-4-7(6)10/h2,4-5H,3H2,1H3. The highest BCUT2D eigenvalue weighted by molar-refractivity contribution is 9.10. The first kappa shape index (κ1) is 10.9. The van der Waals surface area contributed by atoms with E-state index in [1.54, 1.807) is 13.0 Å². The van der Waals surface area contributed by atoms with Gasteiger partial charge in [0.25, 0.3) is 0 Å². The third-order valence-electron chi connectivity index (χ3n) is 1.80. The lowest BCUT2D eigenvalue weighted by Crippen LogP contribution is -2.01. The SMILES string of the molecule is CC(CN=[N+]=[N-])c1cc(Br)ncc1F. The van der Waals surface area contributed by atoms with Gasteiger partial charge in [-0.15, -0.1) is 0 Å². The van der Waals surface area contributed by atoms with E-state index in [2.05, 4.69) is 30.9 Å². The number of pyridine rings is 1. The fraction of sp³-hybridized carbons (Fsp3) is 0.375. The maximum absolute atomic E-state index is 13.2. The van der Waals surface area contributed by atoms with Crippen LogP contribution in [-0.4, -0.2) is 11.5 Å². The monoisotopic (exact) mass is 258 g/mol. The summed E-state index contributed by atoms with van der Waals surface area (Å²) < 4.78 is 13.8. The molecule has 0 amide bonds. The quantitative estimate of drug-likeness (QED) is 0.355. The van der Waals surface area contributed by atoms with E-state index in [1.807, 2.05) is 0 Å². The van der Waals surface area contributed by atoms with Crippen LogP contribution in [0, 0.1) is 5.82 Å². The van der Waals surface area contributed by atoms with E-state index in [4.69, 9.17) is 5.53 Å². The Hall–Kier alpha value is -1.13. The molecule has 0 N–H and O–H groups in total. The summed E-state index contributed by atoms with van der Waals surface area (Å²) >= 11 is 3.15. The average Bonchev–Trinajstić information content (AvgIpc) is 2.18. The summed E-state index contributed by atoms with van der Waals surface area (Å²) in [5.41, 5.74) is 8.63. The largest absolute Gasteiger partial charge is 0.246 e. The van der Waals surface area contributed by atoms with Gasteiger partial charge in [0.1, 0.15) is 10.4 Å². The fourth-order valence-electron chi connectivity index (χ4n) is 1.06. The van der Waals surface area contributed by atoms with Gasteiger partial charge in [0, 0.05) is 11.5 Å². The lowest BCUT2D eigenvalue weighted by Gasteiger charge is -2.09. The Morgan fingerprint density at radius 3 is 3.14 bits per heavy atom. The number of aromatic nitrogens is 1. The summed E-state index contributed by atoms with van der Waals surface area (Å²) in [5, 5.41) is 3.40. The minimum absolute atomic E-state index is 0.148. The molecule has 0 aliphatic rings. The molecule has 0 aliphatic carbocycles. The molecule has 0 aliphatic heterocycles. The van der Waals surface area contributed by atoms with Gasteiger partial charge in [0.2, 0.25) is 0 Å². The van der Waals surface area contributed by atoms with E-state index in [-0.39, 0.29) is 18.3 Å². The van der Waals surface area contributed by atoms with Crippen molar-refractivity contribution in [2.75, 3.05) is 6.54 Å². The predicted molar refractivity (Wildman–Crippen MR) is 54.3 cm³/mol. The Morgan fingerprint density at radius 2 is 2.50 bits per heavy atom. The van der Waals surface area contributed by atoms with E-state index < -0.39 is 0 Å². The van der Waals surface area contributed by atoms with Crippen molar-refractivity contribution in [2.24, 2.45) is 5.11 Å². The highest BCUT2D eigenvalue weighted by Crippen LogP contribution is 2.21. The van der Waals surface area contributed by atoms with Gasteiger partial charge >= 0.3 is 0 Å². The maximum atomic E-state index is 13.2. The Balaban J connectivity index is 2.93. The number of halogens is 2. The lowest BCUT2D eigenvalue weighted by molar-refractivity contribution is 0.583. The minimum Gasteiger partial charge on any atom is -0.246 e. The van der Waals surface area contributed by atoms with E-state index in [9.17, 15) is 4.39 Å². The van der Waals surface area contributed by atoms with Gasteiger partial charge < -0.3 is 0 Å². The number of hydrogen-bond acceptors (Lipinski definition) is 2. The molecule has 0 saturated heterocycles. The molecular weight excluding hydrogens is 251 g/mol. The molecule has 0 saturated carbocycles. The van der Waals surface area contributed by atoms with Crippen LogP contribution in [0.3, 0.4) is 0 Å². The van der Waals surface area contributed by atoms with Gasteiger partial charge in [-0.05, 0) is 39.0 Å². The van der Waals surface area contributed by atoms with E-state index in [0.717, 1.165) is 6.20 Å². The number of azide groups is 1. The van der Waals surface area contributed by atoms with Crippen LogP contribution in [0.5, 0.6) is 0 Å². The lowest BCUT2D eigenvalue weighted by atomic mass is 10.0. The van der Waals surface area contributed by atoms with Crippen molar-refractivity contribution in [1.29, 1.82) is 0 Å². The van der Waals surface area contributed by atoms with Crippen LogP contribution < -0.4 is 0 Å². The molecule has 14 heavy (non-hydrogen) atoms. The Bertz CT molecular complexity index is 376. The zero-order chi connectivity index (χ0) is 10.6. The summed E-state index contributed by atoms with van der Waals surface area (Å²) in [6.07, 6.45) is 1.14. The molecule has 74 valence electrons. The third kappa shape index (κ3) is 2.68. The highest BCUT2D eigenvalue weighted by Gasteiger charge is 2.10. The van der Waals surface area contributed by atoms with Crippen LogP contribution in [0.1, 0.15) is 18.4 Å². The summed E-state index contributed by atoms with van der Waals surface area (Å²) in [7, 11) is 0. The van der Waals surface area contributed by atoms with Crippen molar-refractivity contribution in [2.45, 2.75) is 12.8 Å². The van der Waals surface area contributed by atoms with Crippen LogP contribution in [-0.2, 0) is 0 Å². The molecule has 0 fully saturated rings. The third-order valence-corrected chi connectivity index (χ3v) is 2.23. The van der Waals surface area contributed by atoms with Crippen molar-refractivity contribution in [3.63, 3.8) is 0 Å². The van der Waals surface area contributed by atoms with Crippen LogP contribution in [0.4, 0.5) is 4.39 Å². The van der Waals surface area contributed by atoms with Crippen molar-refractivity contribution in [3.05, 3.63) is 38.7 Å². The molecule has 0 spiro atoms. The second-order valence-corrected chi connectivity index (χ2v) is 3.66. The molecule has 1 aromatic heterocycles. The molecule has 4 nitrogen and oxygen atoms in total. The maximum Gasteiger partial charge on any atom is 0.145 e. The molecular formula is C8H8BrFN4. The van der Waals surface area contributed by atoms with Gasteiger partial charge in [-0.25, -0.2) is 9.37 Å². The molecule has 1 atom stereocenters. The Labute approximate surface area is 88.9 Å². The first-order valence-corrected chi connectivity index (χ1v) is 4.76. The summed E-state index contributed by atoms with van der Waals surface area (Å²) in [4.78, 5) is 6.37. The fourth-order valence-corrected chi connectivity index (χ4v) is 1.41. The molecule has 0 radical (unpaired) electrons. The molecule has 1 heterocycles. The first-order valence-electron chi connectivity index (χ1n) is 3.97. The zero-order valence-electron chi connectivity index (χ0n) is 7.48. The summed E-state index contributed by atoms with van der Waals surface area (Å²) in [6.45, 7) is 2.03. The molecule has 1 aromatic rings. The average molecular weight is 259 g/mol. The number of hydrogen-bond donors (Lipinski definition) is 0. The second kappa shape index (κ2) is 4.93. The van der Waals surface area contributed by atoms with Gasteiger partial charge in [0.05, 0.1) is 6.20 Å². The molecule has 1 unspecified atom stereocenters. The topological polar surface area (TPSA) is 61.7 Å². The Kier molecular flexibility index (Phi) is 3.85. The van der Waals surface area contributed by atoms with Crippen LogP contribution in [0.25, 0.3) is 10.4 Å². The normalized spacial score (nSPS) is 11.9. The van der Waals surface area contributed by atoms with Crippen molar-refractivity contribution < 1.29 is 4.39 Å². The van der Waals surface area contributed by atoms with Gasteiger partial charge in [-0.1, -0.05) is 12.0 Å². The van der Waals surface area contributed by atoms with Crippen LogP contribution in [0.15, 0.2) is 22.0 Å². The van der Waals surface area contributed by atoms with Crippen molar-refractivity contribution in [3.8, 4) is 0 Å². The summed E-state index contributed by atoms with van der Waals surface area (Å²) in [5.74, 6) is -0.529. The highest BCUT2D eigenvalue weighted by atomic mass is 79.9. The number of rotatable bonds is 3. The molecule has 1 rings (SSSR count). The smallest absolute Gasteiger partial charge is 0.145 e. The van der Waals surface area contributed by atoms with Gasteiger partial charge in [-0.3, -0.25) is 0 Å². The van der Waals surface area contributed by atoms with Gasteiger partial charge in [-0.2, -0.15) is 0 Å². The zero-order valence-corrected chi connectivity index (χ0v) is 9.07. The number of nitrogens with zero attached hydrogens (tertiary/aromatic N) is 4. The predicted octanol–water partition coefficient (Wildman–Crippen LogP) is 3.40. The van der Waals surface area contributed by atoms with E-state index in [1.165, 1.54) is 0 Å².